The van der Waals surface area contributed by atoms with E-state index in [1.54, 1.807) is 24.3 Å². The molecule has 11 nitrogen and oxygen atoms in total. The van der Waals surface area contributed by atoms with Gasteiger partial charge in [0.15, 0.2) is 16.6 Å². The molecular weight excluding hydrogens is 611 g/mol. The van der Waals surface area contributed by atoms with Gasteiger partial charge in [0, 0.05) is 12.6 Å². The van der Waals surface area contributed by atoms with E-state index in [4.69, 9.17) is 18.4 Å². The van der Waals surface area contributed by atoms with Gasteiger partial charge in [0.2, 0.25) is 0 Å². The van der Waals surface area contributed by atoms with Crippen molar-refractivity contribution in [3.63, 3.8) is 0 Å². The molecule has 2 aromatic rings. The standard InChI is InChI=1S/C32H45N3O8Si2/c1-31(2,3)44(7,8)41-20-25-24(43-45(9,10)32(4,5)6)18-26(42-25)34-19-21(27(36)33-30(34)39)14-13-17-40-35-28(37)22-15-11-12-16-23(22)29(35)38/h11-12,15-16,19,24-26H,17-18,20H2,1-10H3,(H,33,36,39)/t24-,25-,26-/m1/s1. The SMILES string of the molecule is CC(C)(C)[Si](C)(C)OC[C@H]1O[C@@H](n2cc(C#CCON3C(=O)c4ccccc4C3=O)c(=O)[nH]c2=O)C[C@H]1O[Si](C)(C)C(C)(C)C. The van der Waals surface area contributed by atoms with Gasteiger partial charge in [0.05, 0.1) is 23.8 Å². The molecule has 0 unspecified atom stereocenters. The van der Waals surface area contributed by atoms with Crippen LogP contribution in [-0.2, 0) is 18.4 Å². The number of carbonyl (C=O) groups is 2. The number of aromatic nitrogens is 2. The number of nitrogens with zero attached hydrogens (tertiary/aromatic N) is 2. The second-order valence-electron chi connectivity index (χ2n) is 14.6. The molecule has 0 bridgehead atoms. The lowest BCUT2D eigenvalue weighted by molar-refractivity contribution is -0.0782. The van der Waals surface area contributed by atoms with Gasteiger partial charge in [-0.2, -0.15) is 0 Å². The Morgan fingerprint density at radius 3 is 2.07 bits per heavy atom. The minimum Gasteiger partial charge on any atom is -0.414 e. The van der Waals surface area contributed by atoms with Crippen LogP contribution >= 0.6 is 0 Å². The molecule has 0 spiro atoms. The van der Waals surface area contributed by atoms with Crippen molar-refractivity contribution in [1.29, 1.82) is 0 Å². The molecular formula is C32H45N3O8Si2. The van der Waals surface area contributed by atoms with Crippen LogP contribution in [0.1, 0.15) is 80.5 Å². The molecule has 13 heteroatoms. The predicted molar refractivity (Wildman–Crippen MR) is 175 cm³/mol. The van der Waals surface area contributed by atoms with Crippen LogP contribution in [-0.4, -0.2) is 68.5 Å². The first-order chi connectivity index (χ1) is 20.7. The van der Waals surface area contributed by atoms with Gasteiger partial charge in [-0.3, -0.25) is 23.9 Å². The number of ether oxygens (including phenoxy) is 1. The zero-order valence-corrected chi connectivity index (χ0v) is 29.9. The number of hydrogen-bond acceptors (Lipinski definition) is 8. The summed E-state index contributed by atoms with van der Waals surface area (Å²) in [5, 5.41) is 0.626. The number of fused-ring (bicyclic) bond motifs is 1. The number of benzene rings is 1. The Hall–Kier alpha value is -3.13. The van der Waals surface area contributed by atoms with Gasteiger partial charge in [0.25, 0.3) is 17.4 Å². The molecule has 1 fully saturated rings. The summed E-state index contributed by atoms with van der Waals surface area (Å²) < 4.78 is 21.1. The molecule has 3 atom stereocenters. The zero-order chi connectivity index (χ0) is 33.5. The summed E-state index contributed by atoms with van der Waals surface area (Å²) in [7, 11) is -4.31. The maximum atomic E-state index is 13.0. The van der Waals surface area contributed by atoms with Crippen LogP contribution in [0.5, 0.6) is 0 Å². The van der Waals surface area contributed by atoms with Gasteiger partial charge in [0.1, 0.15) is 24.5 Å². The van der Waals surface area contributed by atoms with Gasteiger partial charge >= 0.3 is 5.69 Å². The van der Waals surface area contributed by atoms with Gasteiger partial charge in [-0.1, -0.05) is 65.5 Å². The molecule has 1 aromatic heterocycles. The molecule has 0 saturated carbocycles. The number of hydroxylamine groups is 2. The number of H-pyrrole nitrogens is 1. The largest absolute Gasteiger partial charge is 0.414 e. The topological polar surface area (TPSA) is 129 Å². The Labute approximate surface area is 266 Å². The minimum atomic E-state index is -2.21. The van der Waals surface area contributed by atoms with Gasteiger partial charge in [-0.25, -0.2) is 9.63 Å². The fraction of sp³-hybridized carbons (Fsp3) is 0.562. The molecule has 1 saturated heterocycles. The van der Waals surface area contributed by atoms with Gasteiger partial charge in [-0.05, 0) is 48.4 Å². The third-order valence-corrected chi connectivity index (χ3v) is 18.4. The summed E-state index contributed by atoms with van der Waals surface area (Å²) in [6, 6.07) is 6.41. The van der Waals surface area contributed by atoms with Crippen molar-refractivity contribution in [1.82, 2.24) is 14.6 Å². The third kappa shape index (κ3) is 7.32. The Morgan fingerprint density at radius 2 is 1.51 bits per heavy atom. The number of rotatable bonds is 8. The number of aromatic amines is 1. The average Bonchev–Trinajstić information content (AvgIpc) is 3.42. The summed E-state index contributed by atoms with van der Waals surface area (Å²) in [5.41, 5.74) is -0.796. The molecule has 0 radical (unpaired) electrons. The molecule has 45 heavy (non-hydrogen) atoms. The lowest BCUT2D eigenvalue weighted by atomic mass is 10.1. The van der Waals surface area contributed by atoms with Crippen LogP contribution in [0.4, 0.5) is 0 Å². The van der Waals surface area contributed by atoms with Crippen molar-refractivity contribution in [2.24, 2.45) is 0 Å². The molecule has 1 aromatic carbocycles. The third-order valence-electron chi connectivity index (χ3n) is 9.37. The summed E-state index contributed by atoms with van der Waals surface area (Å²) in [6.07, 6.45) is 0.301. The van der Waals surface area contributed by atoms with Crippen LogP contribution in [0.2, 0.25) is 36.3 Å². The summed E-state index contributed by atoms with van der Waals surface area (Å²) in [4.78, 5) is 58.3. The highest BCUT2D eigenvalue weighted by Crippen LogP contribution is 2.42. The number of nitrogens with one attached hydrogen (secondary N) is 1. The van der Waals surface area contributed by atoms with Crippen molar-refractivity contribution in [2.45, 2.75) is 103 Å². The highest BCUT2D eigenvalue weighted by molar-refractivity contribution is 6.74. The van der Waals surface area contributed by atoms with Crippen LogP contribution in [0, 0.1) is 11.8 Å². The fourth-order valence-electron chi connectivity index (χ4n) is 4.51. The number of hydrogen-bond donors (Lipinski definition) is 1. The molecule has 3 heterocycles. The first-order valence-corrected chi connectivity index (χ1v) is 21.0. The summed E-state index contributed by atoms with van der Waals surface area (Å²) in [6.45, 7) is 21.7. The molecule has 2 amide bonds. The van der Waals surface area contributed by atoms with Crippen molar-refractivity contribution in [2.75, 3.05) is 13.2 Å². The Bertz CT molecular complexity index is 1600. The lowest BCUT2D eigenvalue weighted by Crippen LogP contribution is -2.48. The molecule has 2 aliphatic rings. The highest BCUT2D eigenvalue weighted by atomic mass is 28.4. The first kappa shape index (κ1) is 34.7. The van der Waals surface area contributed by atoms with E-state index in [1.165, 1.54) is 10.8 Å². The molecule has 2 aliphatic heterocycles. The van der Waals surface area contributed by atoms with Gasteiger partial charge < -0.3 is 13.6 Å². The maximum absolute atomic E-state index is 13.0. The number of imide groups is 1. The van der Waals surface area contributed by atoms with Crippen molar-refractivity contribution in [3.8, 4) is 11.8 Å². The van der Waals surface area contributed by atoms with Crippen LogP contribution in [0.3, 0.4) is 0 Å². The van der Waals surface area contributed by atoms with Crippen LogP contribution in [0.25, 0.3) is 0 Å². The molecule has 244 valence electrons. The average molecular weight is 656 g/mol. The Balaban J connectivity index is 1.53. The maximum Gasteiger partial charge on any atom is 0.330 e. The van der Waals surface area contributed by atoms with Crippen molar-refractivity contribution >= 4 is 28.4 Å². The predicted octanol–water partition coefficient (Wildman–Crippen LogP) is 4.82. The normalized spacial score (nSPS) is 20.8. The zero-order valence-electron chi connectivity index (χ0n) is 27.9. The van der Waals surface area contributed by atoms with Gasteiger partial charge in [-0.15, -0.1) is 5.06 Å². The first-order valence-electron chi connectivity index (χ1n) is 15.2. The lowest BCUT2D eigenvalue weighted by Gasteiger charge is -2.40. The van der Waals surface area contributed by atoms with Crippen LogP contribution < -0.4 is 11.2 Å². The highest BCUT2D eigenvalue weighted by Gasteiger charge is 2.47. The van der Waals surface area contributed by atoms with Crippen molar-refractivity contribution in [3.05, 3.63) is 68.0 Å². The van der Waals surface area contributed by atoms with Crippen molar-refractivity contribution < 1.29 is 28.0 Å². The van der Waals surface area contributed by atoms with E-state index in [-0.39, 0.29) is 39.5 Å². The van der Waals surface area contributed by atoms with E-state index < -0.39 is 52.0 Å². The van der Waals surface area contributed by atoms with E-state index in [9.17, 15) is 19.2 Å². The molecule has 0 aliphatic carbocycles. The number of carbonyl (C=O) groups excluding carboxylic acids is 2. The summed E-state index contributed by atoms with van der Waals surface area (Å²) in [5.74, 6) is 4.20. The Kier molecular flexibility index (Phi) is 9.71. The van der Waals surface area contributed by atoms with E-state index in [1.807, 2.05) is 0 Å². The smallest absolute Gasteiger partial charge is 0.330 e. The van der Waals surface area contributed by atoms with E-state index in [2.05, 4.69) is 84.6 Å². The van der Waals surface area contributed by atoms with E-state index in [0.29, 0.717) is 18.1 Å². The molecule has 1 N–H and O–H groups in total. The second kappa shape index (κ2) is 12.6. The minimum absolute atomic E-state index is 0.00648. The molecule has 4 rings (SSSR count). The number of amides is 2. The van der Waals surface area contributed by atoms with E-state index in [0.717, 1.165) is 0 Å². The fourth-order valence-corrected chi connectivity index (χ4v) is 6.88. The Morgan fingerprint density at radius 1 is 0.933 bits per heavy atom. The summed E-state index contributed by atoms with van der Waals surface area (Å²) >= 11 is 0. The van der Waals surface area contributed by atoms with Crippen LogP contribution in [0.15, 0.2) is 40.1 Å². The quantitative estimate of drug-likeness (QED) is 0.244. The van der Waals surface area contributed by atoms with E-state index >= 15 is 0 Å². The monoisotopic (exact) mass is 655 g/mol. The second-order valence-corrected chi connectivity index (χ2v) is 24.2.